The van der Waals surface area contributed by atoms with Crippen molar-refractivity contribution in [2.75, 3.05) is 19.6 Å². The van der Waals surface area contributed by atoms with Crippen molar-refractivity contribution >= 4 is 11.9 Å². The molecule has 1 atom stereocenters. The monoisotopic (exact) mass is 320 g/mol. The molecule has 2 heterocycles. The van der Waals surface area contributed by atoms with Crippen molar-refractivity contribution in [3.05, 3.63) is 23.7 Å². The Labute approximate surface area is 138 Å². The summed E-state index contributed by atoms with van der Waals surface area (Å²) >= 11 is 0. The smallest absolute Gasteiger partial charge is 0.284 e. The Morgan fingerprint density at radius 1 is 1.52 bits per heavy atom. The van der Waals surface area contributed by atoms with Crippen LogP contribution >= 0.6 is 0 Å². The highest BCUT2D eigenvalue weighted by atomic mass is 16.3. The first-order valence-electron chi connectivity index (χ1n) is 8.41. The number of nitrogens with two attached hydrogens (primary N) is 1. The van der Waals surface area contributed by atoms with Crippen molar-refractivity contribution in [3.8, 4) is 0 Å². The van der Waals surface area contributed by atoms with E-state index in [-0.39, 0.29) is 5.76 Å². The molecule has 0 bridgehead atoms. The lowest BCUT2D eigenvalue weighted by Gasteiger charge is -2.22. The maximum atomic E-state index is 11.1. The summed E-state index contributed by atoms with van der Waals surface area (Å²) in [5, 5.41) is 3.34. The third-order valence-electron chi connectivity index (χ3n) is 4.01. The third kappa shape index (κ3) is 5.01. The van der Waals surface area contributed by atoms with Gasteiger partial charge in [-0.1, -0.05) is 13.8 Å². The number of carbonyl (C=O) groups excluding carboxylic acids is 1. The van der Waals surface area contributed by atoms with Gasteiger partial charge in [-0.3, -0.25) is 4.79 Å². The van der Waals surface area contributed by atoms with Gasteiger partial charge < -0.3 is 20.4 Å². The van der Waals surface area contributed by atoms with Crippen LogP contribution in [0, 0.1) is 11.8 Å². The van der Waals surface area contributed by atoms with Crippen LogP contribution in [0.15, 0.2) is 21.5 Å². The van der Waals surface area contributed by atoms with E-state index < -0.39 is 5.91 Å². The average Bonchev–Trinajstić information content (AvgIpc) is 3.12. The number of rotatable bonds is 6. The predicted octanol–water partition coefficient (Wildman–Crippen LogP) is 2.21. The Morgan fingerprint density at radius 2 is 2.30 bits per heavy atom. The minimum Gasteiger partial charge on any atom is -0.454 e. The molecule has 6 nitrogen and oxygen atoms in total. The van der Waals surface area contributed by atoms with Gasteiger partial charge in [0, 0.05) is 19.6 Å². The number of guanidine groups is 1. The van der Waals surface area contributed by atoms with Crippen LogP contribution in [0.3, 0.4) is 0 Å². The number of likely N-dealkylation sites (tertiary alicyclic amines) is 1. The van der Waals surface area contributed by atoms with E-state index in [4.69, 9.17) is 10.2 Å². The van der Waals surface area contributed by atoms with Crippen molar-refractivity contribution in [2.45, 2.75) is 40.2 Å². The van der Waals surface area contributed by atoms with Gasteiger partial charge in [-0.2, -0.15) is 0 Å². The largest absolute Gasteiger partial charge is 0.454 e. The van der Waals surface area contributed by atoms with Gasteiger partial charge in [0.25, 0.3) is 5.91 Å². The Hall–Kier alpha value is -1.98. The minimum absolute atomic E-state index is 0.179. The molecule has 1 aliphatic rings. The van der Waals surface area contributed by atoms with E-state index in [0.29, 0.717) is 12.3 Å². The Bertz CT molecular complexity index is 551. The number of primary amides is 1. The molecule has 1 saturated heterocycles. The minimum atomic E-state index is -0.553. The van der Waals surface area contributed by atoms with E-state index in [1.807, 2.05) is 0 Å². The van der Waals surface area contributed by atoms with Crippen molar-refractivity contribution in [2.24, 2.45) is 22.6 Å². The van der Waals surface area contributed by atoms with E-state index in [0.717, 1.165) is 37.4 Å². The zero-order valence-corrected chi connectivity index (χ0v) is 14.3. The second kappa shape index (κ2) is 8.04. The van der Waals surface area contributed by atoms with Gasteiger partial charge in [-0.05, 0) is 43.7 Å². The molecule has 128 valence electrons. The molecule has 1 fully saturated rings. The summed E-state index contributed by atoms with van der Waals surface area (Å²) in [5.74, 6) is 2.66. The Kier molecular flexibility index (Phi) is 6.07. The van der Waals surface area contributed by atoms with Crippen LogP contribution in [0.2, 0.25) is 0 Å². The number of hydrogen-bond acceptors (Lipinski definition) is 3. The molecule has 0 saturated carbocycles. The average molecular weight is 320 g/mol. The fourth-order valence-corrected chi connectivity index (χ4v) is 3.06. The molecule has 0 aliphatic carbocycles. The van der Waals surface area contributed by atoms with E-state index in [9.17, 15) is 4.79 Å². The lowest BCUT2D eigenvalue weighted by atomic mass is 9.97. The fourth-order valence-electron chi connectivity index (χ4n) is 3.06. The van der Waals surface area contributed by atoms with E-state index in [1.54, 1.807) is 12.1 Å². The highest BCUT2D eigenvalue weighted by Crippen LogP contribution is 2.23. The van der Waals surface area contributed by atoms with Gasteiger partial charge in [0.2, 0.25) is 0 Å². The second-order valence-corrected chi connectivity index (χ2v) is 6.53. The molecule has 0 spiro atoms. The number of carbonyl (C=O) groups is 1. The predicted molar refractivity (Wildman–Crippen MR) is 91.2 cm³/mol. The number of amides is 1. The number of hydrogen-bond donors (Lipinski definition) is 2. The summed E-state index contributed by atoms with van der Waals surface area (Å²) in [6.07, 6.45) is 2.48. The Balaban J connectivity index is 1.98. The molecule has 1 unspecified atom stereocenters. The first-order chi connectivity index (χ1) is 11.0. The molecule has 1 amide bonds. The number of nitrogens with one attached hydrogen (secondary N) is 1. The number of furan rings is 1. The first kappa shape index (κ1) is 17.4. The lowest BCUT2D eigenvalue weighted by Crippen LogP contribution is -2.40. The van der Waals surface area contributed by atoms with Crippen LogP contribution in [0.4, 0.5) is 0 Å². The third-order valence-corrected chi connectivity index (χ3v) is 4.01. The van der Waals surface area contributed by atoms with Gasteiger partial charge in [-0.15, -0.1) is 0 Å². The van der Waals surface area contributed by atoms with Crippen LogP contribution in [0.25, 0.3) is 0 Å². The van der Waals surface area contributed by atoms with Crippen LogP contribution in [-0.2, 0) is 6.54 Å². The van der Waals surface area contributed by atoms with Crippen LogP contribution in [0.1, 0.15) is 49.9 Å². The van der Waals surface area contributed by atoms with E-state index in [2.05, 4.69) is 36.0 Å². The van der Waals surface area contributed by atoms with E-state index >= 15 is 0 Å². The molecule has 6 heteroatoms. The molecule has 1 aromatic heterocycles. The van der Waals surface area contributed by atoms with Crippen molar-refractivity contribution < 1.29 is 9.21 Å². The van der Waals surface area contributed by atoms with Gasteiger partial charge in [0.05, 0.1) is 0 Å². The van der Waals surface area contributed by atoms with Gasteiger partial charge in [0.1, 0.15) is 12.3 Å². The maximum absolute atomic E-state index is 11.1. The van der Waals surface area contributed by atoms with Gasteiger partial charge in [0.15, 0.2) is 11.7 Å². The summed E-state index contributed by atoms with van der Waals surface area (Å²) in [7, 11) is 0. The fraction of sp³-hybridized carbons (Fsp3) is 0.647. The van der Waals surface area contributed by atoms with E-state index in [1.165, 1.54) is 12.8 Å². The highest BCUT2D eigenvalue weighted by Gasteiger charge is 2.25. The molecule has 2 rings (SSSR count). The molecule has 1 aromatic rings. The van der Waals surface area contributed by atoms with Crippen molar-refractivity contribution in [1.82, 2.24) is 10.2 Å². The van der Waals surface area contributed by atoms with Crippen LogP contribution in [0.5, 0.6) is 0 Å². The maximum Gasteiger partial charge on any atom is 0.284 e. The second-order valence-electron chi connectivity index (χ2n) is 6.53. The lowest BCUT2D eigenvalue weighted by molar-refractivity contribution is 0.0972. The summed E-state index contributed by atoms with van der Waals surface area (Å²) in [4.78, 5) is 18.0. The zero-order chi connectivity index (χ0) is 16.8. The quantitative estimate of drug-likeness (QED) is 0.622. The summed E-state index contributed by atoms with van der Waals surface area (Å²) in [6.45, 7) is 9.93. The molecule has 23 heavy (non-hydrogen) atoms. The summed E-state index contributed by atoms with van der Waals surface area (Å²) in [5.41, 5.74) is 5.20. The first-order valence-corrected chi connectivity index (χ1v) is 8.41. The highest BCUT2D eigenvalue weighted by molar-refractivity contribution is 5.89. The molecule has 0 radical (unpaired) electrons. The topological polar surface area (TPSA) is 83.9 Å². The molecule has 3 N–H and O–H groups in total. The van der Waals surface area contributed by atoms with Crippen LogP contribution < -0.4 is 11.1 Å². The van der Waals surface area contributed by atoms with Crippen LogP contribution in [-0.4, -0.2) is 36.4 Å². The molecular weight excluding hydrogens is 292 g/mol. The van der Waals surface area contributed by atoms with Gasteiger partial charge >= 0.3 is 0 Å². The normalized spacial score (nSPS) is 18.7. The van der Waals surface area contributed by atoms with Crippen molar-refractivity contribution in [1.29, 1.82) is 0 Å². The molecule has 1 aliphatic heterocycles. The zero-order valence-electron chi connectivity index (χ0n) is 14.3. The standard InChI is InChI=1S/C17H28N4O2/c1-4-19-17(21-8-7-13(11-21)9-12(2)3)20-10-14-5-6-15(23-14)16(18)22/h5-6,12-13H,4,7-11H2,1-3H3,(H2,18,22)(H,19,20). The SMILES string of the molecule is CCNC(=NCc1ccc(C(N)=O)o1)N1CCC(CC(C)C)C1. The Morgan fingerprint density at radius 3 is 2.91 bits per heavy atom. The molecular formula is C17H28N4O2. The van der Waals surface area contributed by atoms with Crippen molar-refractivity contribution in [3.63, 3.8) is 0 Å². The summed E-state index contributed by atoms with van der Waals surface area (Å²) < 4.78 is 5.38. The van der Waals surface area contributed by atoms with Gasteiger partial charge in [-0.25, -0.2) is 4.99 Å². The molecule has 0 aromatic carbocycles. The summed E-state index contributed by atoms with van der Waals surface area (Å²) in [6, 6.07) is 3.34. The number of aliphatic imine (C=N–C) groups is 1. The number of nitrogens with zero attached hydrogens (tertiary/aromatic N) is 2.